The Balaban J connectivity index is 1.80. The minimum absolute atomic E-state index is 0.0452. The quantitative estimate of drug-likeness (QED) is 0.583. The number of halogens is 1. The summed E-state index contributed by atoms with van der Waals surface area (Å²) >= 11 is 5.79. The van der Waals surface area contributed by atoms with Crippen molar-refractivity contribution in [3.05, 3.63) is 57.6 Å². The predicted molar refractivity (Wildman–Crippen MR) is 104 cm³/mol. The van der Waals surface area contributed by atoms with Crippen LogP contribution in [-0.2, 0) is 9.59 Å². The van der Waals surface area contributed by atoms with E-state index < -0.39 is 16.9 Å². The van der Waals surface area contributed by atoms with Crippen LogP contribution in [0.2, 0.25) is 5.02 Å². The highest BCUT2D eigenvalue weighted by Gasteiger charge is 2.31. The van der Waals surface area contributed by atoms with Gasteiger partial charge < -0.3 is 20.3 Å². The number of anilines is 2. The van der Waals surface area contributed by atoms with Gasteiger partial charge in [-0.2, -0.15) is 0 Å². The van der Waals surface area contributed by atoms with Crippen molar-refractivity contribution in [1.29, 1.82) is 0 Å². The average molecular weight is 405 g/mol. The second kappa shape index (κ2) is 8.13. The minimum Gasteiger partial charge on any atom is -0.477 e. The van der Waals surface area contributed by atoms with Gasteiger partial charge in [0.2, 0.25) is 5.91 Å². The Hall–Kier alpha value is -3.33. The summed E-state index contributed by atoms with van der Waals surface area (Å²) in [6.07, 6.45) is -0.780. The largest absolute Gasteiger partial charge is 0.477 e. The number of nitrogens with one attached hydrogen (secondary N) is 2. The summed E-state index contributed by atoms with van der Waals surface area (Å²) in [5.41, 5.74) is 0.402. The highest BCUT2D eigenvalue weighted by molar-refractivity contribution is 6.31. The number of hydrogen-bond acceptors (Lipinski definition) is 6. The Morgan fingerprint density at radius 1 is 1.32 bits per heavy atom. The number of benzene rings is 2. The van der Waals surface area contributed by atoms with Gasteiger partial charge in [0.25, 0.3) is 11.6 Å². The van der Waals surface area contributed by atoms with Crippen LogP contribution in [0, 0.1) is 10.1 Å². The summed E-state index contributed by atoms with van der Waals surface area (Å²) in [4.78, 5) is 36.8. The molecule has 10 heteroatoms. The molecule has 1 unspecified atom stereocenters. The minimum atomic E-state index is -0.780. The maximum absolute atomic E-state index is 12.5. The van der Waals surface area contributed by atoms with Crippen LogP contribution >= 0.6 is 11.6 Å². The zero-order chi connectivity index (χ0) is 20.3. The van der Waals surface area contributed by atoms with Crippen molar-refractivity contribution in [2.75, 3.05) is 30.4 Å². The Labute approximate surface area is 165 Å². The van der Waals surface area contributed by atoms with Gasteiger partial charge in [-0.3, -0.25) is 19.7 Å². The Bertz CT molecular complexity index is 936. The van der Waals surface area contributed by atoms with Crippen molar-refractivity contribution < 1.29 is 19.2 Å². The molecule has 1 aliphatic heterocycles. The number of para-hydroxylation sites is 2. The van der Waals surface area contributed by atoms with Gasteiger partial charge in [-0.25, -0.2) is 0 Å². The van der Waals surface area contributed by atoms with Crippen LogP contribution in [0.25, 0.3) is 0 Å². The smallest absolute Gasteiger partial charge is 0.294 e. The second-order valence-electron chi connectivity index (χ2n) is 6.04. The fourth-order valence-corrected chi connectivity index (χ4v) is 3.05. The molecule has 1 atom stereocenters. The van der Waals surface area contributed by atoms with E-state index in [0.717, 1.165) is 0 Å². The Kier molecular flexibility index (Phi) is 5.65. The predicted octanol–water partition coefficient (Wildman–Crippen LogP) is 2.20. The lowest BCUT2D eigenvalue weighted by Gasteiger charge is -2.34. The molecule has 2 aromatic carbocycles. The molecule has 2 amide bonds. The van der Waals surface area contributed by atoms with Crippen molar-refractivity contribution in [2.45, 2.75) is 6.10 Å². The van der Waals surface area contributed by atoms with E-state index in [1.807, 2.05) is 0 Å². The number of nitrogens with zero attached hydrogens (tertiary/aromatic N) is 2. The Morgan fingerprint density at radius 3 is 2.79 bits per heavy atom. The average Bonchev–Trinajstić information content (AvgIpc) is 2.68. The molecule has 0 radical (unpaired) electrons. The van der Waals surface area contributed by atoms with Crippen molar-refractivity contribution >= 4 is 40.5 Å². The van der Waals surface area contributed by atoms with Gasteiger partial charge in [0.15, 0.2) is 6.10 Å². The third kappa shape index (κ3) is 4.15. The maximum Gasteiger partial charge on any atom is 0.294 e. The second-order valence-corrected chi connectivity index (χ2v) is 6.47. The molecule has 0 aromatic heterocycles. The molecule has 0 saturated heterocycles. The molecule has 1 heterocycles. The fraction of sp³-hybridized carbons (Fsp3) is 0.222. The monoisotopic (exact) mass is 404 g/mol. The summed E-state index contributed by atoms with van der Waals surface area (Å²) in [6.45, 7) is 0.0421. The van der Waals surface area contributed by atoms with Gasteiger partial charge in [0, 0.05) is 18.1 Å². The molecule has 28 heavy (non-hydrogen) atoms. The van der Waals surface area contributed by atoms with Gasteiger partial charge >= 0.3 is 0 Å². The number of carbonyl (C=O) groups is 2. The van der Waals surface area contributed by atoms with E-state index in [0.29, 0.717) is 11.4 Å². The molecular weight excluding hydrogens is 388 g/mol. The van der Waals surface area contributed by atoms with Gasteiger partial charge in [0.05, 0.1) is 23.7 Å². The summed E-state index contributed by atoms with van der Waals surface area (Å²) in [5.74, 6) is -0.307. The van der Waals surface area contributed by atoms with Crippen LogP contribution in [0.15, 0.2) is 42.5 Å². The van der Waals surface area contributed by atoms with Crippen molar-refractivity contribution in [3.63, 3.8) is 0 Å². The van der Waals surface area contributed by atoms with Gasteiger partial charge in [-0.05, 0) is 24.3 Å². The van der Waals surface area contributed by atoms with E-state index in [9.17, 15) is 19.7 Å². The molecule has 0 aliphatic carbocycles. The molecule has 1 aliphatic rings. The zero-order valence-electron chi connectivity index (χ0n) is 14.8. The standard InChI is InChI=1S/C18H17ClN4O5/c1-20-18(25)16-9-22(13-4-2-3-5-15(13)28-16)10-17(24)21-12-7-6-11(19)8-14(12)23(26)27/h2-8,16H,9-10H2,1H3,(H,20,25)(H,21,24). The van der Waals surface area contributed by atoms with E-state index in [-0.39, 0.29) is 35.4 Å². The summed E-state index contributed by atoms with van der Waals surface area (Å²) < 4.78 is 5.69. The van der Waals surface area contributed by atoms with Crippen LogP contribution in [-0.4, -0.2) is 43.0 Å². The number of rotatable bonds is 5. The first-order valence-corrected chi connectivity index (χ1v) is 8.73. The van der Waals surface area contributed by atoms with Crippen LogP contribution in [0.1, 0.15) is 0 Å². The summed E-state index contributed by atoms with van der Waals surface area (Å²) in [5, 5.41) is 16.4. The number of nitro benzene ring substituents is 1. The van der Waals surface area contributed by atoms with E-state index in [4.69, 9.17) is 16.3 Å². The van der Waals surface area contributed by atoms with Crippen molar-refractivity contribution in [1.82, 2.24) is 5.32 Å². The number of fused-ring (bicyclic) bond motifs is 1. The third-order valence-corrected chi connectivity index (χ3v) is 4.40. The number of nitro groups is 1. The van der Waals surface area contributed by atoms with Crippen LogP contribution < -0.4 is 20.3 Å². The number of amides is 2. The molecule has 2 N–H and O–H groups in total. The SMILES string of the molecule is CNC(=O)C1CN(CC(=O)Nc2ccc(Cl)cc2[N+](=O)[O-])c2ccccc2O1. The first-order valence-electron chi connectivity index (χ1n) is 8.35. The van der Waals surface area contributed by atoms with E-state index >= 15 is 0 Å². The van der Waals surface area contributed by atoms with Crippen molar-refractivity contribution in [2.24, 2.45) is 0 Å². The molecule has 2 aromatic rings. The molecule has 146 valence electrons. The lowest BCUT2D eigenvalue weighted by molar-refractivity contribution is -0.383. The first-order chi connectivity index (χ1) is 13.4. The van der Waals surface area contributed by atoms with E-state index in [1.165, 1.54) is 25.2 Å². The molecule has 9 nitrogen and oxygen atoms in total. The molecule has 0 bridgehead atoms. The maximum atomic E-state index is 12.5. The number of carbonyl (C=O) groups excluding carboxylic acids is 2. The van der Waals surface area contributed by atoms with E-state index in [1.54, 1.807) is 29.2 Å². The third-order valence-electron chi connectivity index (χ3n) is 4.17. The molecule has 0 fully saturated rings. The number of ether oxygens (including phenoxy) is 1. The van der Waals surface area contributed by atoms with Crippen LogP contribution in [0.4, 0.5) is 17.1 Å². The lowest BCUT2D eigenvalue weighted by atomic mass is 10.1. The summed E-state index contributed by atoms with van der Waals surface area (Å²) in [6, 6.07) is 11.0. The van der Waals surface area contributed by atoms with Crippen molar-refractivity contribution in [3.8, 4) is 5.75 Å². The number of likely N-dealkylation sites (N-methyl/N-ethyl adjacent to an activating group) is 1. The van der Waals surface area contributed by atoms with Gasteiger partial charge in [-0.15, -0.1) is 0 Å². The van der Waals surface area contributed by atoms with Crippen LogP contribution in [0.3, 0.4) is 0 Å². The number of hydrogen-bond donors (Lipinski definition) is 2. The van der Waals surface area contributed by atoms with E-state index in [2.05, 4.69) is 10.6 Å². The normalized spacial score (nSPS) is 15.2. The lowest BCUT2D eigenvalue weighted by Crippen LogP contribution is -2.50. The Morgan fingerprint density at radius 2 is 2.07 bits per heavy atom. The fourth-order valence-electron chi connectivity index (χ4n) is 2.88. The zero-order valence-corrected chi connectivity index (χ0v) is 15.6. The van der Waals surface area contributed by atoms with Gasteiger partial charge in [-0.1, -0.05) is 23.7 Å². The topological polar surface area (TPSA) is 114 Å². The summed E-state index contributed by atoms with van der Waals surface area (Å²) in [7, 11) is 1.50. The highest BCUT2D eigenvalue weighted by atomic mass is 35.5. The first kappa shape index (κ1) is 19.4. The van der Waals surface area contributed by atoms with Crippen LogP contribution in [0.5, 0.6) is 5.75 Å². The molecule has 0 spiro atoms. The molecule has 3 rings (SSSR count). The van der Waals surface area contributed by atoms with Gasteiger partial charge in [0.1, 0.15) is 11.4 Å². The highest BCUT2D eigenvalue weighted by Crippen LogP contribution is 2.33. The molecular formula is C18H17ClN4O5. The molecule has 0 saturated carbocycles.